The number of benzene rings is 1. The topological polar surface area (TPSA) is 12.4 Å². The van der Waals surface area contributed by atoms with Crippen molar-refractivity contribution >= 4 is 5.71 Å². The molecule has 2 fully saturated rings. The van der Waals surface area contributed by atoms with E-state index in [1.807, 2.05) is 0 Å². The van der Waals surface area contributed by atoms with Gasteiger partial charge in [0.05, 0.1) is 0 Å². The van der Waals surface area contributed by atoms with E-state index in [-0.39, 0.29) is 20.1 Å². The number of allylic oxidation sites excluding steroid dienone is 1. The first kappa shape index (κ1) is 16.7. The Balaban J connectivity index is 0.00000146. The molecule has 0 amide bonds. The number of rotatable bonds is 1. The van der Waals surface area contributed by atoms with E-state index in [2.05, 4.69) is 44.3 Å². The summed E-state index contributed by atoms with van der Waals surface area (Å²) in [5.41, 5.74) is 6.18. The van der Waals surface area contributed by atoms with Crippen molar-refractivity contribution in [1.82, 2.24) is 0 Å². The first-order chi connectivity index (χ1) is 11.2. The Hall–Kier alpha value is -0.721. The van der Waals surface area contributed by atoms with E-state index in [0.29, 0.717) is 17.3 Å². The quantitative estimate of drug-likeness (QED) is 0.487. The van der Waals surface area contributed by atoms with E-state index in [0.717, 1.165) is 11.8 Å². The second kappa shape index (κ2) is 5.92. The number of aliphatic imine (C=N–C) groups is 1. The third-order valence-corrected chi connectivity index (χ3v) is 7.40. The predicted octanol–water partition coefficient (Wildman–Crippen LogP) is 4.98. The fourth-order valence-corrected chi connectivity index (χ4v) is 6.22. The van der Waals surface area contributed by atoms with Crippen LogP contribution in [0.5, 0.6) is 0 Å². The van der Waals surface area contributed by atoms with Crippen molar-refractivity contribution in [2.75, 3.05) is 0 Å². The molecular weight excluding hydrogens is 470 g/mol. The Kier molecular flexibility index (Phi) is 4.13. The maximum Gasteiger partial charge on any atom is 0.0120 e. The molecule has 2 bridgehead atoms. The summed E-state index contributed by atoms with van der Waals surface area (Å²) in [6, 6.07) is 8.28. The third-order valence-electron chi connectivity index (χ3n) is 7.40. The standard InChI is InChI=1S/C22H26N.Ir/c1-22(2)18-9-10-19(22)20-17(18)11-12-23-21(20)16-8-7-14-5-3-4-6-15(14)13-16;/h7,11-13,17-20H,3-6,9-10H2,1-2H3;/q-1;. The second-order valence-corrected chi connectivity index (χ2v) is 8.67. The van der Waals surface area contributed by atoms with Gasteiger partial charge in [-0.1, -0.05) is 39.2 Å². The Morgan fingerprint density at radius 2 is 1.83 bits per heavy atom. The van der Waals surface area contributed by atoms with Gasteiger partial charge >= 0.3 is 0 Å². The summed E-state index contributed by atoms with van der Waals surface area (Å²) in [5, 5.41) is 0. The summed E-state index contributed by atoms with van der Waals surface area (Å²) in [5.74, 6) is 2.98. The van der Waals surface area contributed by atoms with Crippen LogP contribution in [-0.4, -0.2) is 5.71 Å². The molecule has 1 radical (unpaired) electrons. The molecule has 3 aliphatic carbocycles. The summed E-state index contributed by atoms with van der Waals surface area (Å²) in [6.07, 6.45) is 12.4. The Labute approximate surface area is 159 Å². The maximum absolute atomic E-state index is 4.88. The van der Waals surface area contributed by atoms with E-state index >= 15 is 0 Å². The number of hydrogen-bond donors (Lipinski definition) is 0. The molecule has 4 aliphatic rings. The number of nitrogens with zero attached hydrogens (tertiary/aromatic N) is 1. The van der Waals surface area contributed by atoms with Crippen LogP contribution in [-0.2, 0) is 32.9 Å². The molecule has 0 N–H and O–H groups in total. The van der Waals surface area contributed by atoms with Crippen LogP contribution in [0, 0.1) is 35.2 Å². The molecule has 129 valence electrons. The van der Waals surface area contributed by atoms with Crippen LogP contribution in [0.1, 0.15) is 56.2 Å². The molecule has 0 saturated heterocycles. The van der Waals surface area contributed by atoms with Gasteiger partial charge in [-0.3, -0.25) is 0 Å². The van der Waals surface area contributed by atoms with Gasteiger partial charge in [0.1, 0.15) is 0 Å². The molecule has 1 nitrogen and oxygen atoms in total. The Morgan fingerprint density at radius 1 is 1.08 bits per heavy atom. The number of fused-ring (bicyclic) bond motifs is 6. The minimum Gasteiger partial charge on any atom is -0.309 e. The van der Waals surface area contributed by atoms with Crippen molar-refractivity contribution in [2.24, 2.45) is 34.1 Å². The van der Waals surface area contributed by atoms with Crippen molar-refractivity contribution in [2.45, 2.75) is 52.4 Å². The van der Waals surface area contributed by atoms with Gasteiger partial charge in [-0.2, -0.15) is 0 Å². The Morgan fingerprint density at radius 3 is 2.67 bits per heavy atom. The molecule has 4 atom stereocenters. The van der Waals surface area contributed by atoms with Gasteiger partial charge in [0.2, 0.25) is 0 Å². The van der Waals surface area contributed by atoms with Crippen molar-refractivity contribution in [1.29, 1.82) is 0 Å². The zero-order chi connectivity index (χ0) is 15.6. The van der Waals surface area contributed by atoms with E-state index in [1.165, 1.54) is 55.4 Å². The fourth-order valence-electron chi connectivity index (χ4n) is 6.22. The summed E-state index contributed by atoms with van der Waals surface area (Å²) < 4.78 is 0. The summed E-state index contributed by atoms with van der Waals surface area (Å²) in [7, 11) is 0. The van der Waals surface area contributed by atoms with E-state index in [1.54, 1.807) is 5.56 Å². The summed E-state index contributed by atoms with van der Waals surface area (Å²) >= 11 is 0. The van der Waals surface area contributed by atoms with Gasteiger partial charge in [0.25, 0.3) is 0 Å². The van der Waals surface area contributed by atoms with Crippen molar-refractivity contribution in [3.8, 4) is 0 Å². The first-order valence-corrected chi connectivity index (χ1v) is 9.44. The molecule has 2 saturated carbocycles. The zero-order valence-electron chi connectivity index (χ0n) is 14.6. The summed E-state index contributed by atoms with van der Waals surface area (Å²) in [4.78, 5) is 4.88. The molecule has 1 heterocycles. The van der Waals surface area contributed by atoms with Crippen molar-refractivity contribution in [3.63, 3.8) is 0 Å². The molecule has 4 unspecified atom stereocenters. The van der Waals surface area contributed by atoms with Crippen LogP contribution in [0.25, 0.3) is 0 Å². The molecular formula is C22H26IrN-. The van der Waals surface area contributed by atoms with Crippen LogP contribution in [0.3, 0.4) is 0 Å². The average Bonchev–Trinajstić information content (AvgIpc) is 3.00. The number of aryl methyl sites for hydroxylation is 2. The van der Waals surface area contributed by atoms with Crippen molar-refractivity contribution in [3.05, 3.63) is 47.2 Å². The molecule has 24 heavy (non-hydrogen) atoms. The van der Waals surface area contributed by atoms with Gasteiger partial charge < -0.3 is 4.99 Å². The van der Waals surface area contributed by atoms with Crippen LogP contribution in [0.2, 0.25) is 0 Å². The molecule has 0 aromatic heterocycles. The first-order valence-electron chi connectivity index (χ1n) is 9.44. The number of hydrogen-bond acceptors (Lipinski definition) is 1. The van der Waals surface area contributed by atoms with Crippen LogP contribution < -0.4 is 0 Å². The normalized spacial score (nSPS) is 35.0. The largest absolute Gasteiger partial charge is 0.309 e. The van der Waals surface area contributed by atoms with E-state index < -0.39 is 0 Å². The smallest absolute Gasteiger partial charge is 0.0120 e. The average molecular weight is 497 g/mol. The van der Waals surface area contributed by atoms with Gasteiger partial charge in [0.15, 0.2) is 0 Å². The minimum absolute atomic E-state index is 0. The molecule has 2 heteroatoms. The van der Waals surface area contributed by atoms with Crippen molar-refractivity contribution < 1.29 is 20.1 Å². The van der Waals surface area contributed by atoms with Crippen LogP contribution >= 0.6 is 0 Å². The predicted molar refractivity (Wildman–Crippen MR) is 94.6 cm³/mol. The van der Waals surface area contributed by atoms with E-state index in [4.69, 9.17) is 4.99 Å². The maximum atomic E-state index is 4.88. The molecule has 0 spiro atoms. The minimum atomic E-state index is 0. The molecule has 1 aromatic rings. The fraction of sp³-hybridized carbons (Fsp3) is 0.591. The molecule has 1 aromatic carbocycles. The van der Waals surface area contributed by atoms with Crippen LogP contribution in [0.4, 0.5) is 0 Å². The molecule has 5 rings (SSSR count). The van der Waals surface area contributed by atoms with Gasteiger partial charge in [-0.15, -0.1) is 34.9 Å². The summed E-state index contributed by atoms with van der Waals surface area (Å²) in [6.45, 7) is 4.99. The second-order valence-electron chi connectivity index (χ2n) is 8.67. The zero-order valence-corrected chi connectivity index (χ0v) is 17.0. The van der Waals surface area contributed by atoms with E-state index in [9.17, 15) is 0 Å². The van der Waals surface area contributed by atoms with Gasteiger partial charge in [0, 0.05) is 26.3 Å². The van der Waals surface area contributed by atoms with Crippen LogP contribution in [0.15, 0.2) is 29.4 Å². The SMILES string of the molecule is CC1(C)C2CCC1C1C(c3[c-]cc4c(c3)CCCC4)=NC=CC12.[Ir]. The van der Waals surface area contributed by atoms with Gasteiger partial charge in [-0.25, -0.2) is 0 Å². The Bertz CT molecular complexity index is 715. The third kappa shape index (κ3) is 2.26. The van der Waals surface area contributed by atoms with Gasteiger partial charge in [-0.05, 0) is 54.1 Å². The molecule has 1 aliphatic heterocycles. The monoisotopic (exact) mass is 497 g/mol.